The average Bonchev–Trinajstić information content (AvgIpc) is 2.73. The number of anilines is 1. The molecule has 2 rings (SSSR count). The zero-order valence-electron chi connectivity index (χ0n) is 17.1. The molecule has 1 aromatic carbocycles. The SMILES string of the molecule is CCOC(=O)C1CCN(C(=O)CNc2ccc(C(=O)N(CC)CC)cc2)CC1. The van der Waals surface area contributed by atoms with Crippen molar-refractivity contribution in [2.75, 3.05) is 44.6 Å². The van der Waals surface area contributed by atoms with E-state index in [4.69, 9.17) is 4.74 Å². The molecule has 1 fully saturated rings. The minimum Gasteiger partial charge on any atom is -0.466 e. The first-order valence-electron chi connectivity index (χ1n) is 10.1. The highest BCUT2D eigenvalue weighted by Crippen LogP contribution is 2.19. The fraction of sp³-hybridized carbons (Fsp3) is 0.571. The maximum atomic E-state index is 12.4. The summed E-state index contributed by atoms with van der Waals surface area (Å²) in [7, 11) is 0. The van der Waals surface area contributed by atoms with Gasteiger partial charge in [0.1, 0.15) is 0 Å². The van der Waals surface area contributed by atoms with Gasteiger partial charge in [-0.15, -0.1) is 0 Å². The first-order valence-corrected chi connectivity index (χ1v) is 10.1. The Morgan fingerprint density at radius 3 is 2.21 bits per heavy atom. The van der Waals surface area contributed by atoms with Crippen LogP contribution in [-0.4, -0.2) is 66.9 Å². The van der Waals surface area contributed by atoms with Crippen molar-refractivity contribution in [1.29, 1.82) is 0 Å². The largest absolute Gasteiger partial charge is 0.466 e. The van der Waals surface area contributed by atoms with Gasteiger partial charge in [-0.05, 0) is 57.9 Å². The van der Waals surface area contributed by atoms with E-state index in [1.807, 2.05) is 26.0 Å². The van der Waals surface area contributed by atoms with Crippen LogP contribution in [0, 0.1) is 5.92 Å². The fourth-order valence-corrected chi connectivity index (χ4v) is 3.34. The number of amides is 2. The molecule has 154 valence electrons. The van der Waals surface area contributed by atoms with Crippen LogP contribution in [-0.2, 0) is 14.3 Å². The van der Waals surface area contributed by atoms with Crippen LogP contribution >= 0.6 is 0 Å². The number of ether oxygens (including phenoxy) is 1. The molecule has 7 nitrogen and oxygen atoms in total. The molecule has 1 N–H and O–H groups in total. The number of nitrogens with one attached hydrogen (secondary N) is 1. The maximum absolute atomic E-state index is 12.4. The van der Waals surface area contributed by atoms with Crippen LogP contribution in [0.5, 0.6) is 0 Å². The van der Waals surface area contributed by atoms with Gasteiger partial charge in [-0.2, -0.15) is 0 Å². The molecule has 0 bridgehead atoms. The number of nitrogens with zero attached hydrogens (tertiary/aromatic N) is 2. The molecule has 0 aromatic heterocycles. The van der Waals surface area contributed by atoms with Crippen LogP contribution in [0.25, 0.3) is 0 Å². The second kappa shape index (κ2) is 10.7. The Morgan fingerprint density at radius 1 is 1.07 bits per heavy atom. The molecule has 0 unspecified atom stereocenters. The number of likely N-dealkylation sites (tertiary alicyclic amines) is 1. The Bertz CT molecular complexity index is 663. The monoisotopic (exact) mass is 389 g/mol. The highest BCUT2D eigenvalue weighted by Gasteiger charge is 2.27. The molecule has 1 aliphatic heterocycles. The summed E-state index contributed by atoms with van der Waals surface area (Å²) in [5, 5.41) is 3.11. The van der Waals surface area contributed by atoms with Crippen LogP contribution in [0.15, 0.2) is 24.3 Å². The van der Waals surface area contributed by atoms with Gasteiger partial charge in [0.25, 0.3) is 5.91 Å². The number of esters is 1. The Labute approximate surface area is 167 Å². The Hall–Kier alpha value is -2.57. The molecule has 0 aliphatic carbocycles. The molecule has 1 saturated heterocycles. The van der Waals surface area contributed by atoms with Crippen LogP contribution in [0.2, 0.25) is 0 Å². The molecule has 0 spiro atoms. The zero-order chi connectivity index (χ0) is 20.5. The molecule has 1 aliphatic rings. The minimum absolute atomic E-state index is 0.00519. The molecule has 0 atom stereocenters. The van der Waals surface area contributed by atoms with Crippen molar-refractivity contribution in [2.24, 2.45) is 5.92 Å². The molecular formula is C21H31N3O4. The van der Waals surface area contributed by atoms with E-state index in [-0.39, 0.29) is 30.2 Å². The van der Waals surface area contributed by atoms with E-state index in [1.54, 1.807) is 28.9 Å². The van der Waals surface area contributed by atoms with Gasteiger partial charge in [-0.1, -0.05) is 0 Å². The molecule has 7 heteroatoms. The van der Waals surface area contributed by atoms with Gasteiger partial charge in [0.05, 0.1) is 19.1 Å². The summed E-state index contributed by atoms with van der Waals surface area (Å²) in [6, 6.07) is 7.19. The topological polar surface area (TPSA) is 79.0 Å². The van der Waals surface area contributed by atoms with Gasteiger partial charge in [-0.3, -0.25) is 14.4 Å². The summed E-state index contributed by atoms with van der Waals surface area (Å²) in [5.74, 6) is -0.248. The lowest BCUT2D eigenvalue weighted by Gasteiger charge is -2.31. The van der Waals surface area contributed by atoms with Crippen molar-refractivity contribution in [2.45, 2.75) is 33.6 Å². The third-order valence-electron chi connectivity index (χ3n) is 5.09. The second-order valence-corrected chi connectivity index (χ2v) is 6.82. The molecule has 1 heterocycles. The van der Waals surface area contributed by atoms with E-state index in [0.717, 1.165) is 5.69 Å². The molecule has 1 aromatic rings. The van der Waals surface area contributed by atoms with E-state index in [1.165, 1.54) is 0 Å². The molecule has 28 heavy (non-hydrogen) atoms. The molecule has 2 amide bonds. The number of piperidine rings is 1. The van der Waals surface area contributed by atoms with Crippen molar-refractivity contribution < 1.29 is 19.1 Å². The third kappa shape index (κ3) is 5.71. The zero-order valence-corrected chi connectivity index (χ0v) is 17.1. The summed E-state index contributed by atoms with van der Waals surface area (Å²) in [4.78, 5) is 40.0. The number of carbonyl (C=O) groups excluding carboxylic acids is 3. The second-order valence-electron chi connectivity index (χ2n) is 6.82. The van der Waals surface area contributed by atoms with Crippen molar-refractivity contribution >= 4 is 23.5 Å². The lowest BCUT2D eigenvalue weighted by Crippen LogP contribution is -2.43. The summed E-state index contributed by atoms with van der Waals surface area (Å²) < 4.78 is 5.06. The normalized spacial score (nSPS) is 14.5. The van der Waals surface area contributed by atoms with Gasteiger partial charge in [0, 0.05) is 37.4 Å². The van der Waals surface area contributed by atoms with Crippen LogP contribution in [0.4, 0.5) is 5.69 Å². The van der Waals surface area contributed by atoms with E-state index >= 15 is 0 Å². The van der Waals surface area contributed by atoms with Crippen LogP contribution in [0.1, 0.15) is 44.0 Å². The fourth-order valence-electron chi connectivity index (χ4n) is 3.34. The number of rotatable bonds is 8. The smallest absolute Gasteiger partial charge is 0.309 e. The summed E-state index contributed by atoms with van der Waals surface area (Å²) in [5.41, 5.74) is 1.44. The predicted molar refractivity (Wildman–Crippen MR) is 108 cm³/mol. The van der Waals surface area contributed by atoms with E-state index < -0.39 is 0 Å². The highest BCUT2D eigenvalue weighted by atomic mass is 16.5. The van der Waals surface area contributed by atoms with Crippen molar-refractivity contribution in [3.63, 3.8) is 0 Å². The summed E-state index contributed by atoms with van der Waals surface area (Å²) in [6.45, 7) is 8.79. The Morgan fingerprint density at radius 2 is 1.68 bits per heavy atom. The first kappa shape index (κ1) is 21.7. The Kier molecular flexibility index (Phi) is 8.29. The summed E-state index contributed by atoms with van der Waals surface area (Å²) in [6.07, 6.45) is 1.29. The van der Waals surface area contributed by atoms with Gasteiger partial charge < -0.3 is 19.9 Å². The maximum Gasteiger partial charge on any atom is 0.309 e. The van der Waals surface area contributed by atoms with Crippen molar-refractivity contribution in [1.82, 2.24) is 9.80 Å². The quantitative estimate of drug-likeness (QED) is 0.691. The summed E-state index contributed by atoms with van der Waals surface area (Å²) >= 11 is 0. The first-order chi connectivity index (χ1) is 13.5. The predicted octanol–water partition coefficient (Wildman–Crippen LogP) is 2.38. The number of carbonyl (C=O) groups is 3. The standard InChI is InChI=1S/C21H31N3O4/c1-4-23(5-2)20(26)16-7-9-18(10-8-16)22-15-19(25)24-13-11-17(12-14-24)21(27)28-6-3/h7-10,17,22H,4-6,11-15H2,1-3H3. The molecule has 0 radical (unpaired) electrons. The number of hydrogen-bond acceptors (Lipinski definition) is 5. The average molecular weight is 389 g/mol. The van der Waals surface area contributed by atoms with Gasteiger partial charge in [0.2, 0.25) is 5.91 Å². The van der Waals surface area contributed by atoms with Crippen LogP contribution < -0.4 is 5.32 Å². The van der Waals surface area contributed by atoms with E-state index in [0.29, 0.717) is 51.2 Å². The number of hydrogen-bond donors (Lipinski definition) is 1. The van der Waals surface area contributed by atoms with Crippen molar-refractivity contribution in [3.8, 4) is 0 Å². The molecular weight excluding hydrogens is 358 g/mol. The van der Waals surface area contributed by atoms with Gasteiger partial charge >= 0.3 is 5.97 Å². The van der Waals surface area contributed by atoms with Gasteiger partial charge in [-0.25, -0.2) is 0 Å². The van der Waals surface area contributed by atoms with E-state index in [9.17, 15) is 14.4 Å². The lowest BCUT2D eigenvalue weighted by atomic mass is 9.97. The van der Waals surface area contributed by atoms with Crippen LogP contribution in [0.3, 0.4) is 0 Å². The van der Waals surface area contributed by atoms with E-state index in [2.05, 4.69) is 5.32 Å². The van der Waals surface area contributed by atoms with Crippen molar-refractivity contribution in [3.05, 3.63) is 29.8 Å². The minimum atomic E-state index is -0.160. The third-order valence-corrected chi connectivity index (χ3v) is 5.09. The molecule has 0 saturated carbocycles. The highest BCUT2D eigenvalue weighted by molar-refractivity contribution is 5.94. The van der Waals surface area contributed by atoms with Gasteiger partial charge in [0.15, 0.2) is 0 Å². The lowest BCUT2D eigenvalue weighted by molar-refractivity contribution is -0.151. The Balaban J connectivity index is 1.80. The number of benzene rings is 1.